The molecule has 2 heteroatoms. The Hall–Kier alpha value is -2.74. The second-order valence-electron chi connectivity index (χ2n) is 6.17. The fourth-order valence-corrected chi connectivity index (χ4v) is 2.41. The molecule has 0 saturated carbocycles. The monoisotopic (exact) mass is 318 g/mol. The predicted molar refractivity (Wildman–Crippen MR) is 98.3 cm³/mol. The molecule has 3 rings (SSSR count). The largest absolute Gasteiger partial charge is 0.457 e. The first kappa shape index (κ1) is 16.1. The molecule has 0 atom stereocenters. The summed E-state index contributed by atoms with van der Waals surface area (Å²) in [5.41, 5.74) is 2.41. The standard InChI is InChI=1S/C22H22O2/c1-16(2)18-10-9-17(3)22(15-18)24-21-13-11-20(12-14-21)23-19-7-5-4-6-8-19/h4-16H,1-3H3. The second kappa shape index (κ2) is 7.22. The molecule has 3 aromatic carbocycles. The fraction of sp³-hybridized carbons (Fsp3) is 0.182. The van der Waals surface area contributed by atoms with Crippen molar-refractivity contribution in [1.82, 2.24) is 0 Å². The summed E-state index contributed by atoms with van der Waals surface area (Å²) in [6, 6.07) is 23.8. The lowest BCUT2D eigenvalue weighted by Crippen LogP contribution is -1.92. The number of rotatable bonds is 5. The molecule has 0 heterocycles. The lowest BCUT2D eigenvalue weighted by atomic mass is 10.0. The number of aryl methyl sites for hydroxylation is 1. The van der Waals surface area contributed by atoms with Gasteiger partial charge in [-0.3, -0.25) is 0 Å². The maximum absolute atomic E-state index is 6.05. The third kappa shape index (κ3) is 3.96. The minimum Gasteiger partial charge on any atom is -0.457 e. The molecule has 0 aliphatic carbocycles. The van der Waals surface area contributed by atoms with Gasteiger partial charge in [0.15, 0.2) is 0 Å². The van der Waals surface area contributed by atoms with Crippen LogP contribution in [0.4, 0.5) is 0 Å². The van der Waals surface area contributed by atoms with Crippen LogP contribution < -0.4 is 9.47 Å². The van der Waals surface area contributed by atoms with Gasteiger partial charge in [-0.1, -0.05) is 44.2 Å². The van der Waals surface area contributed by atoms with E-state index in [1.165, 1.54) is 5.56 Å². The highest BCUT2D eigenvalue weighted by Crippen LogP contribution is 2.30. The van der Waals surface area contributed by atoms with E-state index in [9.17, 15) is 0 Å². The topological polar surface area (TPSA) is 18.5 Å². The summed E-state index contributed by atoms with van der Waals surface area (Å²) in [4.78, 5) is 0. The average Bonchev–Trinajstić information content (AvgIpc) is 2.59. The Balaban J connectivity index is 1.74. The molecule has 122 valence electrons. The van der Waals surface area contributed by atoms with Crippen molar-refractivity contribution < 1.29 is 9.47 Å². The molecule has 0 amide bonds. The Kier molecular flexibility index (Phi) is 4.85. The van der Waals surface area contributed by atoms with Crippen LogP contribution in [0.5, 0.6) is 23.0 Å². The molecule has 2 nitrogen and oxygen atoms in total. The zero-order valence-corrected chi connectivity index (χ0v) is 14.3. The molecule has 0 aliphatic heterocycles. The highest BCUT2D eigenvalue weighted by Gasteiger charge is 2.06. The summed E-state index contributed by atoms with van der Waals surface area (Å²) >= 11 is 0. The molecular weight excluding hydrogens is 296 g/mol. The van der Waals surface area contributed by atoms with Crippen LogP contribution in [0.1, 0.15) is 30.9 Å². The van der Waals surface area contributed by atoms with Crippen LogP contribution in [0, 0.1) is 6.92 Å². The van der Waals surface area contributed by atoms with Gasteiger partial charge in [-0.05, 0) is 66.4 Å². The van der Waals surface area contributed by atoms with Crippen LogP contribution in [0.25, 0.3) is 0 Å². The lowest BCUT2D eigenvalue weighted by molar-refractivity contribution is 0.467. The zero-order chi connectivity index (χ0) is 16.9. The van der Waals surface area contributed by atoms with Crippen molar-refractivity contribution in [3.63, 3.8) is 0 Å². The van der Waals surface area contributed by atoms with Crippen molar-refractivity contribution in [2.24, 2.45) is 0 Å². The van der Waals surface area contributed by atoms with Gasteiger partial charge in [-0.25, -0.2) is 0 Å². The Morgan fingerprint density at radius 2 is 1.25 bits per heavy atom. The molecule has 24 heavy (non-hydrogen) atoms. The smallest absolute Gasteiger partial charge is 0.130 e. The zero-order valence-electron chi connectivity index (χ0n) is 14.3. The van der Waals surface area contributed by atoms with Crippen LogP contribution in [0.15, 0.2) is 72.8 Å². The second-order valence-corrected chi connectivity index (χ2v) is 6.17. The minimum absolute atomic E-state index is 0.481. The Labute approximate surface area is 143 Å². The van der Waals surface area contributed by atoms with Crippen molar-refractivity contribution in [3.8, 4) is 23.0 Å². The molecule has 0 unspecified atom stereocenters. The first-order valence-corrected chi connectivity index (χ1v) is 8.23. The molecule has 0 bridgehead atoms. The van der Waals surface area contributed by atoms with Gasteiger partial charge in [-0.2, -0.15) is 0 Å². The number of hydrogen-bond donors (Lipinski definition) is 0. The molecule has 0 spiro atoms. The highest BCUT2D eigenvalue weighted by atomic mass is 16.5. The van der Waals surface area contributed by atoms with Crippen LogP contribution >= 0.6 is 0 Å². The van der Waals surface area contributed by atoms with Crippen molar-refractivity contribution in [2.75, 3.05) is 0 Å². The van der Waals surface area contributed by atoms with Crippen LogP contribution in [0.3, 0.4) is 0 Å². The lowest BCUT2D eigenvalue weighted by Gasteiger charge is -2.13. The Morgan fingerprint density at radius 1 is 0.667 bits per heavy atom. The van der Waals surface area contributed by atoms with Crippen LogP contribution in [-0.2, 0) is 0 Å². The summed E-state index contributed by atoms with van der Waals surface area (Å²) in [5.74, 6) is 3.81. The molecule has 0 aromatic heterocycles. The summed E-state index contributed by atoms with van der Waals surface area (Å²) in [6.45, 7) is 6.43. The summed E-state index contributed by atoms with van der Waals surface area (Å²) in [5, 5.41) is 0. The number of hydrogen-bond acceptors (Lipinski definition) is 2. The van der Waals surface area contributed by atoms with Crippen molar-refractivity contribution in [1.29, 1.82) is 0 Å². The molecule has 0 saturated heterocycles. The van der Waals surface area contributed by atoms with E-state index in [0.29, 0.717) is 5.92 Å². The van der Waals surface area contributed by atoms with Gasteiger partial charge in [0.2, 0.25) is 0 Å². The highest BCUT2D eigenvalue weighted by molar-refractivity contribution is 5.42. The van der Waals surface area contributed by atoms with E-state index in [2.05, 4.69) is 39.0 Å². The van der Waals surface area contributed by atoms with Gasteiger partial charge in [0.25, 0.3) is 0 Å². The molecular formula is C22H22O2. The van der Waals surface area contributed by atoms with E-state index in [1.54, 1.807) is 0 Å². The third-order valence-corrected chi connectivity index (χ3v) is 3.91. The summed E-state index contributed by atoms with van der Waals surface area (Å²) in [7, 11) is 0. The van der Waals surface area contributed by atoms with E-state index in [-0.39, 0.29) is 0 Å². The van der Waals surface area contributed by atoms with E-state index in [1.807, 2.05) is 54.6 Å². The molecule has 0 fully saturated rings. The minimum atomic E-state index is 0.481. The molecule has 0 radical (unpaired) electrons. The van der Waals surface area contributed by atoms with Gasteiger partial charge < -0.3 is 9.47 Å². The summed E-state index contributed by atoms with van der Waals surface area (Å²) in [6.07, 6.45) is 0. The number of ether oxygens (including phenoxy) is 2. The average molecular weight is 318 g/mol. The van der Waals surface area contributed by atoms with Gasteiger partial charge >= 0.3 is 0 Å². The fourth-order valence-electron chi connectivity index (χ4n) is 2.41. The van der Waals surface area contributed by atoms with Gasteiger partial charge in [-0.15, -0.1) is 0 Å². The van der Waals surface area contributed by atoms with Gasteiger partial charge in [0.05, 0.1) is 0 Å². The predicted octanol–water partition coefficient (Wildman–Crippen LogP) is 6.70. The Bertz CT molecular complexity index is 790. The normalized spacial score (nSPS) is 10.7. The molecule has 0 aliphatic rings. The maximum atomic E-state index is 6.05. The molecule has 3 aromatic rings. The van der Waals surface area contributed by atoms with Crippen molar-refractivity contribution in [3.05, 3.63) is 83.9 Å². The van der Waals surface area contributed by atoms with Crippen LogP contribution in [0.2, 0.25) is 0 Å². The SMILES string of the molecule is Cc1ccc(C(C)C)cc1Oc1ccc(Oc2ccccc2)cc1. The molecule has 0 N–H and O–H groups in total. The van der Waals surface area contributed by atoms with Crippen molar-refractivity contribution >= 4 is 0 Å². The first-order valence-electron chi connectivity index (χ1n) is 8.23. The quantitative estimate of drug-likeness (QED) is 0.521. The van der Waals surface area contributed by atoms with Gasteiger partial charge in [0, 0.05) is 0 Å². The van der Waals surface area contributed by atoms with Gasteiger partial charge in [0.1, 0.15) is 23.0 Å². The number of para-hydroxylation sites is 1. The first-order chi connectivity index (χ1) is 11.6. The Morgan fingerprint density at radius 3 is 1.88 bits per heavy atom. The third-order valence-electron chi connectivity index (χ3n) is 3.91. The van der Waals surface area contributed by atoms with Crippen molar-refractivity contribution in [2.45, 2.75) is 26.7 Å². The summed E-state index contributed by atoms with van der Waals surface area (Å²) < 4.78 is 11.9. The maximum Gasteiger partial charge on any atom is 0.130 e. The van der Waals surface area contributed by atoms with E-state index < -0.39 is 0 Å². The van der Waals surface area contributed by atoms with Crippen LogP contribution in [-0.4, -0.2) is 0 Å². The van der Waals surface area contributed by atoms with E-state index in [0.717, 1.165) is 28.6 Å². The van der Waals surface area contributed by atoms with E-state index >= 15 is 0 Å². The van der Waals surface area contributed by atoms with E-state index in [4.69, 9.17) is 9.47 Å². The number of benzene rings is 3.